The number of aliphatic hydroxyl groups excluding tert-OH is 1. The van der Waals surface area contributed by atoms with Gasteiger partial charge in [0.25, 0.3) is 5.76 Å². The molecule has 0 aromatic heterocycles. The van der Waals surface area contributed by atoms with Crippen LogP contribution < -0.4 is 0 Å². The van der Waals surface area contributed by atoms with Crippen LogP contribution in [0.1, 0.15) is 57.9 Å². The van der Waals surface area contributed by atoms with Crippen LogP contribution in [0.2, 0.25) is 0 Å². The molecule has 1 atom stereocenters. The standard InChI is InChI=1S/C22H32O7/c1-5-7-14-22(6-2,15-11-16-23)21(25)29-28-20(24)19(27-4)18(26-3)17-12-9-8-10-13-17/h8-10,12-13,23H,5-7,11,14-16H2,1-4H3/b19-18+. The zero-order valence-corrected chi connectivity index (χ0v) is 17.7. The van der Waals surface area contributed by atoms with Gasteiger partial charge in [-0.1, -0.05) is 57.0 Å². The molecule has 0 aliphatic heterocycles. The van der Waals surface area contributed by atoms with Crippen molar-refractivity contribution in [3.05, 3.63) is 41.7 Å². The minimum atomic E-state index is -0.968. The summed E-state index contributed by atoms with van der Waals surface area (Å²) in [6.45, 7) is 3.89. The van der Waals surface area contributed by atoms with E-state index in [1.807, 2.05) is 19.9 Å². The van der Waals surface area contributed by atoms with Crippen LogP contribution in [0, 0.1) is 5.41 Å². The van der Waals surface area contributed by atoms with Crippen molar-refractivity contribution in [2.45, 2.75) is 52.4 Å². The number of hydrogen-bond donors (Lipinski definition) is 1. The molecular weight excluding hydrogens is 376 g/mol. The number of methoxy groups -OCH3 is 2. The summed E-state index contributed by atoms with van der Waals surface area (Å²) in [6.07, 6.45) is 3.77. The van der Waals surface area contributed by atoms with Crippen LogP contribution >= 0.6 is 0 Å². The highest BCUT2D eigenvalue weighted by molar-refractivity contribution is 5.94. The minimum Gasteiger partial charge on any atom is -0.492 e. The first kappa shape index (κ1) is 24.5. The van der Waals surface area contributed by atoms with E-state index < -0.39 is 17.4 Å². The van der Waals surface area contributed by atoms with E-state index in [1.165, 1.54) is 14.2 Å². The van der Waals surface area contributed by atoms with Gasteiger partial charge in [0.05, 0.1) is 19.6 Å². The van der Waals surface area contributed by atoms with Crippen LogP contribution in [0.3, 0.4) is 0 Å². The average molecular weight is 408 g/mol. The third-order valence-corrected chi connectivity index (χ3v) is 4.96. The summed E-state index contributed by atoms with van der Waals surface area (Å²) in [4.78, 5) is 35.0. The SMILES string of the molecule is CCCCC(CC)(CCCO)C(=O)OOC(=O)/C(OC)=C(\OC)c1ccccc1. The zero-order chi connectivity index (χ0) is 21.7. The van der Waals surface area contributed by atoms with E-state index in [2.05, 4.69) is 0 Å². The van der Waals surface area contributed by atoms with Crippen LogP contribution in [0.15, 0.2) is 36.1 Å². The van der Waals surface area contributed by atoms with E-state index >= 15 is 0 Å². The summed E-state index contributed by atoms with van der Waals surface area (Å²) in [5, 5.41) is 9.18. The van der Waals surface area contributed by atoms with Gasteiger partial charge in [-0.05, 0) is 25.7 Å². The molecule has 0 amide bonds. The van der Waals surface area contributed by atoms with E-state index in [1.54, 1.807) is 24.3 Å². The highest BCUT2D eigenvalue weighted by Crippen LogP contribution is 2.36. The number of carbonyl (C=O) groups is 2. The number of rotatable bonds is 12. The van der Waals surface area contributed by atoms with Crippen LogP contribution in [0.5, 0.6) is 0 Å². The minimum absolute atomic E-state index is 0.0220. The molecule has 1 unspecified atom stereocenters. The molecule has 0 radical (unpaired) electrons. The third-order valence-electron chi connectivity index (χ3n) is 4.96. The lowest BCUT2D eigenvalue weighted by Gasteiger charge is -2.29. The van der Waals surface area contributed by atoms with Crippen molar-refractivity contribution in [3.8, 4) is 0 Å². The summed E-state index contributed by atoms with van der Waals surface area (Å²) in [6, 6.07) is 8.91. The maximum Gasteiger partial charge on any atom is 0.424 e. The van der Waals surface area contributed by atoms with Gasteiger partial charge in [0.1, 0.15) is 0 Å². The molecule has 1 N–H and O–H groups in total. The third kappa shape index (κ3) is 6.78. The molecule has 0 saturated heterocycles. The molecule has 1 aromatic carbocycles. The number of unbranched alkanes of at least 4 members (excludes halogenated alkanes) is 1. The molecule has 0 spiro atoms. The molecule has 7 heteroatoms. The zero-order valence-electron chi connectivity index (χ0n) is 17.7. The maximum absolute atomic E-state index is 12.8. The lowest BCUT2D eigenvalue weighted by Crippen LogP contribution is -2.34. The predicted molar refractivity (Wildman–Crippen MR) is 108 cm³/mol. The molecule has 0 heterocycles. The Morgan fingerprint density at radius 1 is 0.966 bits per heavy atom. The summed E-state index contributed by atoms with van der Waals surface area (Å²) in [5.41, 5.74) is -0.191. The first-order valence-electron chi connectivity index (χ1n) is 9.91. The molecule has 1 aromatic rings. The Bertz CT molecular complexity index is 659. The summed E-state index contributed by atoms with van der Waals surface area (Å²) in [5.74, 6) is -1.63. The Balaban J connectivity index is 2.98. The average Bonchev–Trinajstić information content (AvgIpc) is 2.76. The van der Waals surface area contributed by atoms with Crippen molar-refractivity contribution in [2.24, 2.45) is 5.41 Å². The molecule has 0 aliphatic rings. The van der Waals surface area contributed by atoms with Crippen LogP contribution in [0.4, 0.5) is 0 Å². The number of carbonyl (C=O) groups excluding carboxylic acids is 2. The van der Waals surface area contributed by atoms with Crippen molar-refractivity contribution >= 4 is 17.7 Å². The van der Waals surface area contributed by atoms with Crippen molar-refractivity contribution in [3.63, 3.8) is 0 Å². The topological polar surface area (TPSA) is 91.3 Å². The Hall–Kier alpha value is -2.54. The normalized spacial score (nSPS) is 13.7. The van der Waals surface area contributed by atoms with Crippen molar-refractivity contribution < 1.29 is 33.9 Å². The highest BCUT2D eigenvalue weighted by Gasteiger charge is 2.39. The first-order chi connectivity index (χ1) is 14.0. The molecule has 7 nitrogen and oxygen atoms in total. The molecule has 1 rings (SSSR count). The van der Waals surface area contributed by atoms with Crippen LogP contribution in [-0.4, -0.2) is 37.9 Å². The molecular formula is C22H32O7. The Morgan fingerprint density at radius 3 is 2.14 bits per heavy atom. The van der Waals surface area contributed by atoms with Gasteiger partial charge in [-0.3, -0.25) is 0 Å². The second kappa shape index (κ2) is 12.8. The number of hydrogen-bond acceptors (Lipinski definition) is 7. The van der Waals surface area contributed by atoms with Gasteiger partial charge >= 0.3 is 11.9 Å². The highest BCUT2D eigenvalue weighted by atomic mass is 17.2. The van der Waals surface area contributed by atoms with Gasteiger partial charge in [0.2, 0.25) is 0 Å². The number of aliphatic hydroxyl groups is 1. The van der Waals surface area contributed by atoms with Gasteiger partial charge in [-0.15, -0.1) is 0 Å². The summed E-state index contributed by atoms with van der Waals surface area (Å²) < 4.78 is 10.4. The van der Waals surface area contributed by atoms with E-state index in [0.29, 0.717) is 31.2 Å². The lowest BCUT2D eigenvalue weighted by molar-refractivity contribution is -0.266. The van der Waals surface area contributed by atoms with Gasteiger partial charge < -0.3 is 14.6 Å². The molecule has 0 bridgehead atoms. The fourth-order valence-electron chi connectivity index (χ4n) is 3.16. The number of benzene rings is 1. The van der Waals surface area contributed by atoms with Gasteiger partial charge in [0.15, 0.2) is 5.76 Å². The second-order valence-electron chi connectivity index (χ2n) is 6.74. The van der Waals surface area contributed by atoms with E-state index in [4.69, 9.17) is 19.2 Å². The Morgan fingerprint density at radius 2 is 1.62 bits per heavy atom. The van der Waals surface area contributed by atoms with E-state index in [-0.39, 0.29) is 18.1 Å². The van der Waals surface area contributed by atoms with Crippen molar-refractivity contribution in [2.75, 3.05) is 20.8 Å². The molecule has 0 fully saturated rings. The Labute approximate surface area is 172 Å². The van der Waals surface area contributed by atoms with E-state index in [0.717, 1.165) is 12.8 Å². The lowest BCUT2D eigenvalue weighted by atomic mass is 9.76. The van der Waals surface area contributed by atoms with Crippen molar-refractivity contribution in [1.29, 1.82) is 0 Å². The van der Waals surface area contributed by atoms with E-state index in [9.17, 15) is 14.7 Å². The van der Waals surface area contributed by atoms with Gasteiger partial charge in [-0.2, -0.15) is 0 Å². The molecule has 0 aliphatic carbocycles. The maximum atomic E-state index is 12.8. The smallest absolute Gasteiger partial charge is 0.424 e. The van der Waals surface area contributed by atoms with Crippen LogP contribution in [-0.2, 0) is 28.8 Å². The van der Waals surface area contributed by atoms with Gasteiger partial charge in [0, 0.05) is 12.2 Å². The Kier molecular flexibility index (Phi) is 10.8. The largest absolute Gasteiger partial charge is 0.492 e. The first-order valence-corrected chi connectivity index (χ1v) is 9.91. The predicted octanol–water partition coefficient (Wildman–Crippen LogP) is 4.01. The van der Waals surface area contributed by atoms with Gasteiger partial charge in [-0.25, -0.2) is 19.4 Å². The summed E-state index contributed by atoms with van der Waals surface area (Å²) >= 11 is 0. The molecule has 0 saturated carbocycles. The quantitative estimate of drug-likeness (QED) is 0.242. The van der Waals surface area contributed by atoms with Crippen LogP contribution in [0.25, 0.3) is 5.76 Å². The molecule has 162 valence electrons. The monoisotopic (exact) mass is 408 g/mol. The number of ether oxygens (including phenoxy) is 2. The fourth-order valence-corrected chi connectivity index (χ4v) is 3.16. The van der Waals surface area contributed by atoms with Crippen molar-refractivity contribution in [1.82, 2.24) is 0 Å². The second-order valence-corrected chi connectivity index (χ2v) is 6.74. The molecule has 29 heavy (non-hydrogen) atoms. The summed E-state index contributed by atoms with van der Waals surface area (Å²) in [7, 11) is 2.71. The fraction of sp³-hybridized carbons (Fsp3) is 0.545.